The molecular formula is C20H23NO4. The quantitative estimate of drug-likeness (QED) is 0.750. The van der Waals surface area contributed by atoms with E-state index in [0.717, 1.165) is 6.42 Å². The summed E-state index contributed by atoms with van der Waals surface area (Å²) in [6.07, 6.45) is 0.760. The first-order chi connectivity index (χ1) is 12.0. The van der Waals surface area contributed by atoms with Gasteiger partial charge in [-0.05, 0) is 43.5 Å². The highest BCUT2D eigenvalue weighted by Crippen LogP contribution is 2.25. The summed E-state index contributed by atoms with van der Waals surface area (Å²) in [7, 11) is 1.53. The number of aryl methyl sites for hydroxylation is 1. The molecule has 0 radical (unpaired) electrons. The number of carbonyl (C=O) groups is 2. The molecule has 0 saturated carbocycles. The molecule has 1 amide bonds. The smallest absolute Gasteiger partial charge is 0.257 e. The van der Waals surface area contributed by atoms with Crippen LogP contribution in [0.4, 0.5) is 0 Å². The van der Waals surface area contributed by atoms with Crippen LogP contribution in [0, 0.1) is 6.92 Å². The van der Waals surface area contributed by atoms with Gasteiger partial charge in [0.05, 0.1) is 12.7 Å². The van der Waals surface area contributed by atoms with Crippen molar-refractivity contribution in [3.05, 3.63) is 59.2 Å². The Balaban J connectivity index is 1.87. The fraction of sp³-hybridized carbons (Fsp3) is 0.300. The summed E-state index contributed by atoms with van der Waals surface area (Å²) in [5.41, 5.74) is 2.83. The van der Waals surface area contributed by atoms with Gasteiger partial charge in [-0.3, -0.25) is 9.59 Å². The summed E-state index contributed by atoms with van der Waals surface area (Å²) in [4.78, 5) is 23.6. The molecule has 0 aliphatic rings. The van der Waals surface area contributed by atoms with Gasteiger partial charge >= 0.3 is 0 Å². The predicted molar refractivity (Wildman–Crippen MR) is 96.4 cm³/mol. The molecule has 0 aliphatic carbocycles. The topological polar surface area (TPSA) is 64.6 Å². The molecule has 0 saturated heterocycles. The lowest BCUT2D eigenvalue weighted by Gasteiger charge is -2.12. The number of hydrogen-bond acceptors (Lipinski definition) is 4. The maximum Gasteiger partial charge on any atom is 0.257 e. The maximum absolute atomic E-state index is 12.0. The van der Waals surface area contributed by atoms with Gasteiger partial charge in [0, 0.05) is 12.6 Å². The Morgan fingerprint density at radius 3 is 2.56 bits per heavy atom. The van der Waals surface area contributed by atoms with E-state index in [9.17, 15) is 9.59 Å². The summed E-state index contributed by atoms with van der Waals surface area (Å²) in [6, 6.07) is 13.0. The highest BCUT2D eigenvalue weighted by Gasteiger charge is 2.12. The number of hydrogen-bond donors (Lipinski definition) is 1. The minimum absolute atomic E-state index is 0.127. The van der Waals surface area contributed by atoms with Crippen molar-refractivity contribution in [2.45, 2.75) is 20.3 Å². The highest BCUT2D eigenvalue weighted by atomic mass is 16.5. The van der Waals surface area contributed by atoms with Crippen LogP contribution in [-0.2, 0) is 11.2 Å². The molecule has 5 heteroatoms. The standard InChI is InChI=1S/C20H23NO4/c1-14-6-4-5-7-16(14)10-11-21-20(23)13-25-19-12-17(24-3)8-9-18(19)15(2)22/h4-9,12H,10-11,13H2,1-3H3,(H,21,23). The first-order valence-corrected chi connectivity index (χ1v) is 8.14. The summed E-state index contributed by atoms with van der Waals surface area (Å²) >= 11 is 0. The van der Waals surface area contributed by atoms with E-state index < -0.39 is 0 Å². The average molecular weight is 341 g/mol. The third kappa shape index (κ3) is 5.35. The first kappa shape index (κ1) is 18.5. The van der Waals surface area contributed by atoms with Crippen LogP contribution >= 0.6 is 0 Å². The van der Waals surface area contributed by atoms with Crippen LogP contribution in [0.25, 0.3) is 0 Å². The second-order valence-corrected chi connectivity index (χ2v) is 5.73. The van der Waals surface area contributed by atoms with Crippen LogP contribution in [0.2, 0.25) is 0 Å². The Morgan fingerprint density at radius 1 is 1.12 bits per heavy atom. The number of methoxy groups -OCH3 is 1. The minimum Gasteiger partial charge on any atom is -0.497 e. The van der Waals surface area contributed by atoms with E-state index in [2.05, 4.69) is 5.32 Å². The molecule has 0 fully saturated rings. The monoisotopic (exact) mass is 341 g/mol. The lowest BCUT2D eigenvalue weighted by atomic mass is 10.1. The zero-order valence-electron chi connectivity index (χ0n) is 14.8. The largest absolute Gasteiger partial charge is 0.497 e. The van der Waals surface area contributed by atoms with Gasteiger partial charge in [-0.25, -0.2) is 0 Å². The van der Waals surface area contributed by atoms with Gasteiger partial charge in [0.25, 0.3) is 5.91 Å². The summed E-state index contributed by atoms with van der Waals surface area (Å²) < 4.78 is 10.6. The average Bonchev–Trinajstić information content (AvgIpc) is 2.61. The Morgan fingerprint density at radius 2 is 1.88 bits per heavy atom. The minimum atomic E-state index is -0.231. The molecule has 0 unspecified atom stereocenters. The zero-order chi connectivity index (χ0) is 18.2. The number of ether oxygens (including phenoxy) is 2. The fourth-order valence-electron chi connectivity index (χ4n) is 2.46. The Labute approximate surface area is 148 Å². The summed E-state index contributed by atoms with van der Waals surface area (Å²) in [6.45, 7) is 3.88. The van der Waals surface area contributed by atoms with Crippen LogP contribution in [0.1, 0.15) is 28.4 Å². The Bertz CT molecular complexity index is 755. The lowest BCUT2D eigenvalue weighted by molar-refractivity contribution is -0.123. The molecule has 2 rings (SSSR count). The van der Waals surface area contributed by atoms with Crippen molar-refractivity contribution in [2.24, 2.45) is 0 Å². The van der Waals surface area contributed by atoms with E-state index in [0.29, 0.717) is 23.6 Å². The third-order valence-corrected chi connectivity index (χ3v) is 3.90. The molecule has 5 nitrogen and oxygen atoms in total. The van der Waals surface area contributed by atoms with Crippen molar-refractivity contribution < 1.29 is 19.1 Å². The number of nitrogens with one attached hydrogen (secondary N) is 1. The maximum atomic E-state index is 12.0. The number of Topliss-reactive ketones (excluding diaryl/α,β-unsaturated/α-hetero) is 1. The number of ketones is 1. The van der Waals surface area contributed by atoms with Crippen LogP contribution < -0.4 is 14.8 Å². The molecule has 0 atom stereocenters. The van der Waals surface area contributed by atoms with E-state index in [-0.39, 0.29) is 18.3 Å². The van der Waals surface area contributed by atoms with E-state index in [1.807, 2.05) is 31.2 Å². The number of rotatable bonds is 8. The van der Waals surface area contributed by atoms with E-state index in [4.69, 9.17) is 9.47 Å². The summed E-state index contributed by atoms with van der Waals surface area (Å²) in [5.74, 6) is 0.560. The van der Waals surface area contributed by atoms with Crippen LogP contribution in [0.5, 0.6) is 11.5 Å². The van der Waals surface area contributed by atoms with Crippen LogP contribution in [-0.4, -0.2) is 32.0 Å². The van der Waals surface area contributed by atoms with Crippen LogP contribution in [0.15, 0.2) is 42.5 Å². The highest BCUT2D eigenvalue weighted by molar-refractivity contribution is 5.97. The van der Waals surface area contributed by atoms with Crippen molar-refractivity contribution in [3.8, 4) is 11.5 Å². The first-order valence-electron chi connectivity index (χ1n) is 8.14. The molecule has 0 spiro atoms. The van der Waals surface area contributed by atoms with E-state index in [1.165, 1.54) is 25.2 Å². The molecule has 0 aromatic heterocycles. The molecule has 0 heterocycles. The SMILES string of the molecule is COc1ccc(C(C)=O)c(OCC(=O)NCCc2ccccc2C)c1. The van der Waals surface area contributed by atoms with Gasteiger partial charge in [-0.15, -0.1) is 0 Å². The third-order valence-electron chi connectivity index (χ3n) is 3.90. The molecule has 0 aliphatic heterocycles. The molecule has 25 heavy (non-hydrogen) atoms. The molecule has 1 N–H and O–H groups in total. The fourth-order valence-corrected chi connectivity index (χ4v) is 2.46. The van der Waals surface area contributed by atoms with Gasteiger partial charge in [0.1, 0.15) is 11.5 Å². The molecule has 132 valence electrons. The van der Waals surface area contributed by atoms with Gasteiger partial charge < -0.3 is 14.8 Å². The second-order valence-electron chi connectivity index (χ2n) is 5.73. The van der Waals surface area contributed by atoms with Gasteiger partial charge in [-0.2, -0.15) is 0 Å². The normalized spacial score (nSPS) is 10.2. The number of carbonyl (C=O) groups excluding carboxylic acids is 2. The molecule has 2 aromatic rings. The zero-order valence-corrected chi connectivity index (χ0v) is 14.8. The van der Waals surface area contributed by atoms with Crippen molar-refractivity contribution in [3.63, 3.8) is 0 Å². The van der Waals surface area contributed by atoms with Gasteiger partial charge in [0.2, 0.25) is 0 Å². The van der Waals surface area contributed by atoms with Gasteiger partial charge in [-0.1, -0.05) is 24.3 Å². The predicted octanol–water partition coefficient (Wildman–Crippen LogP) is 2.94. The molecular weight excluding hydrogens is 318 g/mol. The molecule has 0 bridgehead atoms. The van der Waals surface area contributed by atoms with E-state index >= 15 is 0 Å². The number of benzene rings is 2. The van der Waals surface area contributed by atoms with E-state index in [1.54, 1.807) is 18.2 Å². The number of amides is 1. The van der Waals surface area contributed by atoms with Crippen molar-refractivity contribution in [1.82, 2.24) is 5.32 Å². The van der Waals surface area contributed by atoms with Gasteiger partial charge in [0.15, 0.2) is 12.4 Å². The van der Waals surface area contributed by atoms with Crippen molar-refractivity contribution >= 4 is 11.7 Å². The second kappa shape index (κ2) is 8.87. The molecule has 2 aromatic carbocycles. The van der Waals surface area contributed by atoms with Crippen molar-refractivity contribution in [1.29, 1.82) is 0 Å². The Hall–Kier alpha value is -2.82. The van der Waals surface area contributed by atoms with Crippen LogP contribution in [0.3, 0.4) is 0 Å². The summed E-state index contributed by atoms with van der Waals surface area (Å²) in [5, 5.41) is 2.83. The lowest BCUT2D eigenvalue weighted by Crippen LogP contribution is -2.30. The van der Waals surface area contributed by atoms with Crippen molar-refractivity contribution in [2.75, 3.05) is 20.3 Å². The Kier molecular flexibility index (Phi) is 6.57.